The Morgan fingerprint density at radius 3 is 2.27 bits per heavy atom. The van der Waals surface area contributed by atoms with Gasteiger partial charge in [0.15, 0.2) is 0 Å². The van der Waals surface area contributed by atoms with Crippen LogP contribution in [0.2, 0.25) is 0 Å². The third-order valence-corrected chi connectivity index (χ3v) is 2.82. The standard InChI is InChI=1S/C10H21N/c1-3-7-11-8-5-10(4-2)6-9-11/h10H,3-9H2,1-2H3. The van der Waals surface area contributed by atoms with E-state index in [1.54, 1.807) is 0 Å². The molecule has 0 aromatic rings. The summed E-state index contributed by atoms with van der Waals surface area (Å²) in [6.07, 6.45) is 5.59. The first kappa shape index (κ1) is 9.05. The van der Waals surface area contributed by atoms with Gasteiger partial charge in [-0.15, -0.1) is 0 Å². The zero-order valence-electron chi connectivity index (χ0n) is 7.97. The van der Waals surface area contributed by atoms with E-state index in [0.29, 0.717) is 0 Å². The van der Waals surface area contributed by atoms with E-state index in [-0.39, 0.29) is 0 Å². The normalized spacial score (nSPS) is 22.4. The molecule has 1 heterocycles. The fourth-order valence-corrected chi connectivity index (χ4v) is 1.93. The largest absolute Gasteiger partial charge is 0.303 e. The summed E-state index contributed by atoms with van der Waals surface area (Å²) in [4.78, 5) is 2.60. The Hall–Kier alpha value is -0.0400. The van der Waals surface area contributed by atoms with Gasteiger partial charge in [-0.2, -0.15) is 0 Å². The van der Waals surface area contributed by atoms with Crippen molar-refractivity contribution in [3.05, 3.63) is 0 Å². The molecule has 0 unspecified atom stereocenters. The molecule has 1 fully saturated rings. The maximum Gasteiger partial charge on any atom is -0.00161 e. The highest BCUT2D eigenvalue weighted by molar-refractivity contribution is 4.70. The van der Waals surface area contributed by atoms with Gasteiger partial charge < -0.3 is 4.90 Å². The average Bonchev–Trinajstić information content (AvgIpc) is 2.07. The van der Waals surface area contributed by atoms with E-state index >= 15 is 0 Å². The SMILES string of the molecule is CCCN1CCC(CC)CC1. The molecule has 0 amide bonds. The molecular weight excluding hydrogens is 134 g/mol. The summed E-state index contributed by atoms with van der Waals surface area (Å²) < 4.78 is 0. The molecule has 0 aliphatic carbocycles. The minimum absolute atomic E-state index is 1.03. The first-order valence-corrected chi connectivity index (χ1v) is 5.09. The van der Waals surface area contributed by atoms with Gasteiger partial charge in [0, 0.05) is 0 Å². The Kier molecular flexibility index (Phi) is 3.92. The van der Waals surface area contributed by atoms with Crippen molar-refractivity contribution >= 4 is 0 Å². The summed E-state index contributed by atoms with van der Waals surface area (Å²) in [5.41, 5.74) is 0. The highest BCUT2D eigenvalue weighted by atomic mass is 15.1. The number of likely N-dealkylation sites (tertiary alicyclic amines) is 1. The molecule has 0 bridgehead atoms. The van der Waals surface area contributed by atoms with Gasteiger partial charge in [-0.25, -0.2) is 0 Å². The van der Waals surface area contributed by atoms with Crippen molar-refractivity contribution in [2.75, 3.05) is 19.6 Å². The van der Waals surface area contributed by atoms with Crippen molar-refractivity contribution < 1.29 is 0 Å². The van der Waals surface area contributed by atoms with Crippen LogP contribution in [0.4, 0.5) is 0 Å². The lowest BCUT2D eigenvalue weighted by molar-refractivity contribution is 0.182. The van der Waals surface area contributed by atoms with E-state index in [0.717, 1.165) is 5.92 Å². The first-order chi connectivity index (χ1) is 5.36. The molecule has 0 atom stereocenters. The van der Waals surface area contributed by atoms with Gasteiger partial charge >= 0.3 is 0 Å². The average molecular weight is 155 g/mol. The van der Waals surface area contributed by atoms with Crippen LogP contribution in [0.1, 0.15) is 39.5 Å². The molecule has 1 saturated heterocycles. The van der Waals surface area contributed by atoms with Crippen LogP contribution in [0.25, 0.3) is 0 Å². The molecule has 0 aromatic carbocycles. The van der Waals surface area contributed by atoms with Gasteiger partial charge in [-0.05, 0) is 44.8 Å². The number of hydrogen-bond acceptors (Lipinski definition) is 1. The minimum atomic E-state index is 1.03. The molecule has 1 heteroatoms. The second-order valence-electron chi connectivity index (χ2n) is 3.69. The topological polar surface area (TPSA) is 3.24 Å². The molecule has 0 aromatic heterocycles. The van der Waals surface area contributed by atoms with Crippen LogP contribution < -0.4 is 0 Å². The molecule has 1 aliphatic rings. The lowest BCUT2D eigenvalue weighted by Crippen LogP contribution is -2.33. The molecule has 11 heavy (non-hydrogen) atoms. The van der Waals surface area contributed by atoms with E-state index in [2.05, 4.69) is 18.7 Å². The second kappa shape index (κ2) is 4.76. The van der Waals surface area contributed by atoms with Crippen molar-refractivity contribution in [1.29, 1.82) is 0 Å². The molecule has 1 nitrogen and oxygen atoms in total. The van der Waals surface area contributed by atoms with Gasteiger partial charge in [0.2, 0.25) is 0 Å². The van der Waals surface area contributed by atoms with Gasteiger partial charge in [-0.3, -0.25) is 0 Å². The fraction of sp³-hybridized carbons (Fsp3) is 1.00. The first-order valence-electron chi connectivity index (χ1n) is 5.09. The van der Waals surface area contributed by atoms with E-state index < -0.39 is 0 Å². The van der Waals surface area contributed by atoms with Crippen molar-refractivity contribution in [1.82, 2.24) is 4.90 Å². The van der Waals surface area contributed by atoms with Crippen molar-refractivity contribution in [2.24, 2.45) is 5.92 Å². The third-order valence-electron chi connectivity index (χ3n) is 2.82. The maximum atomic E-state index is 2.60. The maximum absolute atomic E-state index is 2.60. The highest BCUT2D eigenvalue weighted by Gasteiger charge is 2.16. The zero-order chi connectivity index (χ0) is 8.10. The zero-order valence-corrected chi connectivity index (χ0v) is 7.97. The van der Waals surface area contributed by atoms with E-state index in [4.69, 9.17) is 0 Å². The third kappa shape index (κ3) is 2.82. The van der Waals surface area contributed by atoms with Crippen LogP contribution in [-0.4, -0.2) is 24.5 Å². The predicted molar refractivity (Wildman–Crippen MR) is 49.7 cm³/mol. The van der Waals surface area contributed by atoms with Crippen molar-refractivity contribution in [3.63, 3.8) is 0 Å². The Morgan fingerprint density at radius 1 is 1.18 bits per heavy atom. The Bertz CT molecular complexity index is 93.0. The van der Waals surface area contributed by atoms with Crippen molar-refractivity contribution in [3.8, 4) is 0 Å². The quantitative estimate of drug-likeness (QED) is 0.605. The van der Waals surface area contributed by atoms with Crippen LogP contribution in [0.3, 0.4) is 0 Å². The number of rotatable bonds is 3. The Balaban J connectivity index is 2.14. The molecule has 1 rings (SSSR count). The summed E-state index contributed by atoms with van der Waals surface area (Å²) in [5.74, 6) is 1.03. The van der Waals surface area contributed by atoms with Crippen LogP contribution >= 0.6 is 0 Å². The summed E-state index contributed by atoms with van der Waals surface area (Å²) >= 11 is 0. The van der Waals surface area contributed by atoms with Crippen LogP contribution in [0.5, 0.6) is 0 Å². The summed E-state index contributed by atoms with van der Waals surface area (Å²) in [6.45, 7) is 8.61. The van der Waals surface area contributed by atoms with Crippen molar-refractivity contribution in [2.45, 2.75) is 39.5 Å². The molecule has 0 radical (unpaired) electrons. The van der Waals surface area contributed by atoms with E-state index in [1.807, 2.05) is 0 Å². The van der Waals surface area contributed by atoms with Gasteiger partial charge in [0.05, 0.1) is 0 Å². The number of nitrogens with zero attached hydrogens (tertiary/aromatic N) is 1. The molecule has 0 saturated carbocycles. The second-order valence-corrected chi connectivity index (χ2v) is 3.69. The molecule has 0 N–H and O–H groups in total. The smallest absolute Gasteiger partial charge is 0.00161 e. The molecule has 66 valence electrons. The summed E-state index contributed by atoms with van der Waals surface area (Å²) in [5, 5.41) is 0. The molecule has 0 spiro atoms. The fourth-order valence-electron chi connectivity index (χ4n) is 1.93. The predicted octanol–water partition coefficient (Wildman–Crippen LogP) is 2.52. The molecular formula is C10H21N. The Labute approximate surface area is 70.8 Å². The van der Waals surface area contributed by atoms with Crippen LogP contribution in [-0.2, 0) is 0 Å². The number of piperidine rings is 1. The molecule has 1 aliphatic heterocycles. The van der Waals surface area contributed by atoms with Crippen LogP contribution in [0, 0.1) is 5.92 Å². The Morgan fingerprint density at radius 2 is 1.82 bits per heavy atom. The number of hydrogen-bond donors (Lipinski definition) is 0. The summed E-state index contributed by atoms with van der Waals surface area (Å²) in [6, 6.07) is 0. The van der Waals surface area contributed by atoms with E-state index in [9.17, 15) is 0 Å². The monoisotopic (exact) mass is 155 g/mol. The lowest BCUT2D eigenvalue weighted by Gasteiger charge is -2.30. The van der Waals surface area contributed by atoms with Gasteiger partial charge in [0.1, 0.15) is 0 Å². The highest BCUT2D eigenvalue weighted by Crippen LogP contribution is 2.19. The summed E-state index contributed by atoms with van der Waals surface area (Å²) in [7, 11) is 0. The minimum Gasteiger partial charge on any atom is -0.303 e. The van der Waals surface area contributed by atoms with Crippen LogP contribution in [0.15, 0.2) is 0 Å². The van der Waals surface area contributed by atoms with Gasteiger partial charge in [0.25, 0.3) is 0 Å². The van der Waals surface area contributed by atoms with Gasteiger partial charge in [-0.1, -0.05) is 20.3 Å². The lowest BCUT2D eigenvalue weighted by atomic mass is 9.94. The van der Waals surface area contributed by atoms with E-state index in [1.165, 1.54) is 45.3 Å².